The van der Waals surface area contributed by atoms with Gasteiger partial charge < -0.3 is 14.9 Å². The van der Waals surface area contributed by atoms with E-state index in [0.29, 0.717) is 18.7 Å². The van der Waals surface area contributed by atoms with Gasteiger partial charge in [0.1, 0.15) is 6.04 Å². The van der Waals surface area contributed by atoms with E-state index >= 15 is 0 Å². The summed E-state index contributed by atoms with van der Waals surface area (Å²) in [6.07, 6.45) is 0.816. The number of carbonyl (C=O) groups excluding carboxylic acids is 2. The molecule has 1 N–H and O–H groups in total. The van der Waals surface area contributed by atoms with Gasteiger partial charge in [0.05, 0.1) is 23.7 Å². The Morgan fingerprint density at radius 1 is 1.04 bits per heavy atom. The first-order valence-electron chi connectivity index (χ1n) is 8.55. The van der Waals surface area contributed by atoms with Crippen molar-refractivity contribution >= 4 is 23.5 Å². The van der Waals surface area contributed by atoms with Crippen molar-refractivity contribution in [2.45, 2.75) is 24.9 Å². The number of piperazine rings is 1. The Bertz CT molecular complexity index is 880. The fourth-order valence-corrected chi connectivity index (χ4v) is 3.90. The van der Waals surface area contributed by atoms with E-state index in [9.17, 15) is 19.5 Å². The molecule has 0 unspecified atom stereocenters. The van der Waals surface area contributed by atoms with Crippen molar-refractivity contribution in [1.82, 2.24) is 4.90 Å². The van der Waals surface area contributed by atoms with E-state index in [-0.39, 0.29) is 29.8 Å². The van der Waals surface area contributed by atoms with Crippen LogP contribution >= 0.6 is 0 Å². The molecule has 0 spiro atoms. The zero-order chi connectivity index (χ0) is 18.3. The molecular formula is C20H18N2O4. The van der Waals surface area contributed by atoms with Crippen molar-refractivity contribution in [3.63, 3.8) is 0 Å². The summed E-state index contributed by atoms with van der Waals surface area (Å²) >= 11 is 0. The summed E-state index contributed by atoms with van der Waals surface area (Å²) in [7, 11) is 0. The van der Waals surface area contributed by atoms with Crippen LogP contribution in [0.1, 0.15) is 22.3 Å². The van der Waals surface area contributed by atoms with E-state index in [2.05, 4.69) is 0 Å². The van der Waals surface area contributed by atoms with E-state index in [0.717, 1.165) is 5.56 Å². The number of anilines is 1. The molecule has 2 fully saturated rings. The van der Waals surface area contributed by atoms with Crippen LogP contribution in [0.5, 0.6) is 0 Å². The lowest BCUT2D eigenvalue weighted by atomic mass is 10.1. The van der Waals surface area contributed by atoms with Crippen molar-refractivity contribution in [2.24, 2.45) is 0 Å². The quantitative estimate of drug-likeness (QED) is 0.914. The molecule has 4 rings (SSSR count). The molecule has 2 aliphatic heterocycles. The smallest absolute Gasteiger partial charge is 0.337 e. The molecule has 6 heteroatoms. The second-order valence-electron chi connectivity index (χ2n) is 6.64. The normalized spacial score (nSPS) is 21.3. The highest BCUT2D eigenvalue weighted by atomic mass is 16.4. The van der Waals surface area contributed by atoms with Gasteiger partial charge in [0, 0.05) is 6.54 Å². The SMILES string of the molecule is O=C(O)c1ccccc1N1C(=O)[C@@H]2C[C@H]1CN2C(=O)Cc1ccccc1. The monoisotopic (exact) mass is 350 g/mol. The van der Waals surface area contributed by atoms with Crippen LogP contribution in [0.4, 0.5) is 5.69 Å². The van der Waals surface area contributed by atoms with Crippen LogP contribution in [0.15, 0.2) is 54.6 Å². The number of hydrogen-bond donors (Lipinski definition) is 1. The van der Waals surface area contributed by atoms with Gasteiger partial charge in [-0.2, -0.15) is 0 Å². The Hall–Kier alpha value is -3.15. The summed E-state index contributed by atoms with van der Waals surface area (Å²) in [6.45, 7) is 0.441. The Labute approximate surface area is 150 Å². The zero-order valence-corrected chi connectivity index (χ0v) is 14.0. The number of para-hydroxylation sites is 1. The summed E-state index contributed by atoms with van der Waals surface area (Å²) in [5, 5.41) is 9.38. The van der Waals surface area contributed by atoms with Gasteiger partial charge in [-0.3, -0.25) is 9.59 Å². The third-order valence-electron chi connectivity index (χ3n) is 5.08. The van der Waals surface area contributed by atoms with E-state index in [4.69, 9.17) is 0 Å². The number of fused-ring (bicyclic) bond motifs is 2. The number of rotatable bonds is 4. The highest BCUT2D eigenvalue weighted by Gasteiger charge is 2.52. The number of carboxylic acid groups (broad SMARTS) is 1. The standard InChI is InChI=1S/C20H18N2O4/c23-18(10-13-6-2-1-3-7-13)21-12-14-11-17(21)19(24)22(14)16-9-5-4-8-15(16)20(25)26/h1-9,14,17H,10-12H2,(H,25,26)/t14-,17-/m0/s1. The van der Waals surface area contributed by atoms with Crippen molar-refractivity contribution in [2.75, 3.05) is 11.4 Å². The minimum Gasteiger partial charge on any atom is -0.478 e. The molecular weight excluding hydrogens is 332 g/mol. The maximum absolute atomic E-state index is 12.8. The van der Waals surface area contributed by atoms with Gasteiger partial charge in [-0.25, -0.2) is 4.79 Å². The van der Waals surface area contributed by atoms with Crippen LogP contribution in [0, 0.1) is 0 Å². The second kappa shape index (κ2) is 6.29. The van der Waals surface area contributed by atoms with E-state index in [1.165, 1.54) is 6.07 Å². The molecule has 2 aromatic carbocycles. The fraction of sp³-hybridized carbons (Fsp3) is 0.250. The number of likely N-dealkylation sites (tertiary alicyclic amines) is 1. The highest BCUT2D eigenvalue weighted by Crippen LogP contribution is 2.37. The van der Waals surface area contributed by atoms with Gasteiger partial charge in [-0.05, 0) is 24.1 Å². The van der Waals surface area contributed by atoms with E-state index < -0.39 is 12.0 Å². The second-order valence-corrected chi connectivity index (χ2v) is 6.64. The van der Waals surface area contributed by atoms with Crippen molar-refractivity contribution in [3.8, 4) is 0 Å². The fourth-order valence-electron chi connectivity index (χ4n) is 3.90. The number of nitrogens with zero attached hydrogens (tertiary/aromatic N) is 2. The maximum Gasteiger partial charge on any atom is 0.337 e. The molecule has 2 saturated heterocycles. The van der Waals surface area contributed by atoms with Gasteiger partial charge >= 0.3 is 5.97 Å². The molecule has 2 bridgehead atoms. The summed E-state index contributed by atoms with van der Waals surface area (Å²) in [4.78, 5) is 40.1. The summed E-state index contributed by atoms with van der Waals surface area (Å²) in [6, 6.07) is 15.3. The molecule has 0 radical (unpaired) electrons. The van der Waals surface area contributed by atoms with Crippen LogP contribution in [-0.4, -0.2) is 46.4 Å². The lowest BCUT2D eigenvalue weighted by Crippen LogP contribution is -2.53. The van der Waals surface area contributed by atoms with Gasteiger partial charge in [0.15, 0.2) is 0 Å². The van der Waals surface area contributed by atoms with Gasteiger partial charge in [0.25, 0.3) is 0 Å². The summed E-state index contributed by atoms with van der Waals surface area (Å²) in [5.41, 5.74) is 1.43. The predicted molar refractivity (Wildman–Crippen MR) is 94.9 cm³/mol. The molecule has 0 saturated carbocycles. The third kappa shape index (κ3) is 2.63. The van der Waals surface area contributed by atoms with Crippen molar-refractivity contribution < 1.29 is 19.5 Å². The average molecular weight is 350 g/mol. The number of hydrogen-bond acceptors (Lipinski definition) is 3. The molecule has 0 aliphatic carbocycles. The first kappa shape index (κ1) is 16.3. The van der Waals surface area contributed by atoms with Gasteiger partial charge in [-0.1, -0.05) is 42.5 Å². The number of aromatic carboxylic acids is 1. The molecule has 2 aliphatic rings. The third-order valence-corrected chi connectivity index (χ3v) is 5.08. The number of amides is 2. The maximum atomic E-state index is 12.8. The van der Waals surface area contributed by atoms with Crippen LogP contribution in [0.3, 0.4) is 0 Å². The van der Waals surface area contributed by atoms with Gasteiger partial charge in [-0.15, -0.1) is 0 Å². The predicted octanol–water partition coefficient (Wildman–Crippen LogP) is 1.94. The molecule has 2 aromatic rings. The van der Waals surface area contributed by atoms with Crippen LogP contribution in [-0.2, 0) is 16.0 Å². The molecule has 6 nitrogen and oxygen atoms in total. The minimum atomic E-state index is -1.06. The lowest BCUT2D eigenvalue weighted by molar-refractivity contribution is -0.137. The van der Waals surface area contributed by atoms with E-state index in [1.54, 1.807) is 28.0 Å². The van der Waals surface area contributed by atoms with Crippen molar-refractivity contribution in [1.29, 1.82) is 0 Å². The largest absolute Gasteiger partial charge is 0.478 e. The topological polar surface area (TPSA) is 77.9 Å². The highest BCUT2D eigenvalue weighted by molar-refractivity contribution is 6.07. The average Bonchev–Trinajstić information content (AvgIpc) is 3.21. The molecule has 0 aromatic heterocycles. The van der Waals surface area contributed by atoms with Crippen LogP contribution in [0.2, 0.25) is 0 Å². The van der Waals surface area contributed by atoms with Crippen LogP contribution in [0.25, 0.3) is 0 Å². The molecule has 132 valence electrons. The number of carbonyl (C=O) groups is 3. The van der Waals surface area contributed by atoms with Crippen LogP contribution < -0.4 is 4.90 Å². The lowest BCUT2D eigenvalue weighted by Gasteiger charge is -2.34. The van der Waals surface area contributed by atoms with Gasteiger partial charge in [0.2, 0.25) is 11.8 Å². The molecule has 2 atom stereocenters. The number of benzene rings is 2. The molecule has 2 heterocycles. The summed E-state index contributed by atoms with van der Waals surface area (Å²) in [5.74, 6) is -1.33. The molecule has 2 amide bonds. The minimum absolute atomic E-state index is 0.0665. The zero-order valence-electron chi connectivity index (χ0n) is 14.0. The first-order chi connectivity index (χ1) is 12.6. The Kier molecular flexibility index (Phi) is 3.95. The summed E-state index contributed by atoms with van der Waals surface area (Å²) < 4.78 is 0. The van der Waals surface area contributed by atoms with E-state index in [1.807, 2.05) is 30.3 Å². The Morgan fingerprint density at radius 2 is 1.73 bits per heavy atom. The Morgan fingerprint density at radius 3 is 2.42 bits per heavy atom. The first-order valence-corrected chi connectivity index (χ1v) is 8.55. The number of carboxylic acids is 1. The molecule has 26 heavy (non-hydrogen) atoms. The van der Waals surface area contributed by atoms with Crippen molar-refractivity contribution in [3.05, 3.63) is 65.7 Å². The Balaban J connectivity index is 1.54.